The Morgan fingerprint density at radius 3 is 2.46 bits per heavy atom. The first-order valence-electron chi connectivity index (χ1n) is 9.88. The van der Waals surface area contributed by atoms with Crippen LogP contribution in [0.1, 0.15) is 45.4 Å². The minimum absolute atomic E-state index is 0.0749. The van der Waals surface area contributed by atoms with Crippen LogP contribution in [-0.2, 0) is 19.1 Å². The number of hydrogen-bond donors (Lipinski definition) is 6. The fraction of sp³-hybridized carbons (Fsp3) is 0.889. The first kappa shape index (κ1) is 24.7. The summed E-state index contributed by atoms with van der Waals surface area (Å²) < 4.78 is 11.0. The zero-order valence-corrected chi connectivity index (χ0v) is 16.5. The molecule has 0 aromatic rings. The minimum Gasteiger partial charge on any atom is -0.394 e. The first-order valence-corrected chi connectivity index (χ1v) is 9.88. The summed E-state index contributed by atoms with van der Waals surface area (Å²) in [5, 5.41) is 34.7. The van der Waals surface area contributed by atoms with Gasteiger partial charge in [-0.1, -0.05) is 12.8 Å². The van der Waals surface area contributed by atoms with E-state index in [2.05, 4.69) is 10.6 Å². The lowest BCUT2D eigenvalue weighted by molar-refractivity contribution is -0.270. The molecule has 0 spiro atoms. The van der Waals surface area contributed by atoms with Gasteiger partial charge in [-0.25, -0.2) is 0 Å². The van der Waals surface area contributed by atoms with Gasteiger partial charge in [-0.3, -0.25) is 9.59 Å². The first-order chi connectivity index (χ1) is 13.4. The lowest BCUT2D eigenvalue weighted by atomic mass is 9.97. The number of rotatable bonds is 13. The molecule has 1 rings (SSSR count). The van der Waals surface area contributed by atoms with Gasteiger partial charge >= 0.3 is 0 Å². The number of amides is 2. The topological polar surface area (TPSA) is 163 Å². The Morgan fingerprint density at radius 1 is 1.11 bits per heavy atom. The van der Waals surface area contributed by atoms with Crippen molar-refractivity contribution in [2.75, 3.05) is 26.3 Å². The number of ether oxygens (including phenoxy) is 2. The fourth-order valence-electron chi connectivity index (χ4n) is 2.98. The summed E-state index contributed by atoms with van der Waals surface area (Å²) in [7, 11) is 0. The molecule has 5 atom stereocenters. The van der Waals surface area contributed by atoms with E-state index in [1.165, 1.54) is 6.92 Å². The van der Waals surface area contributed by atoms with Crippen LogP contribution in [0.15, 0.2) is 0 Å². The van der Waals surface area contributed by atoms with Gasteiger partial charge in [-0.05, 0) is 25.8 Å². The lowest BCUT2D eigenvalue weighted by Gasteiger charge is -2.42. The number of carbonyl (C=O) groups is 2. The van der Waals surface area contributed by atoms with Crippen LogP contribution in [0.3, 0.4) is 0 Å². The van der Waals surface area contributed by atoms with Crippen LogP contribution in [0.2, 0.25) is 0 Å². The Balaban J connectivity index is 2.32. The summed E-state index contributed by atoms with van der Waals surface area (Å²) in [6.45, 7) is 2.25. The molecule has 0 bridgehead atoms. The Hall–Kier alpha value is -1.30. The number of hydrogen-bond acceptors (Lipinski definition) is 8. The molecule has 0 saturated carbocycles. The van der Waals surface area contributed by atoms with E-state index >= 15 is 0 Å². The molecule has 164 valence electrons. The SMILES string of the molecule is CC(=O)NC1C(OCCCC(=O)NCCCCCCN)OC(CO)C(O)C1O. The van der Waals surface area contributed by atoms with Crippen molar-refractivity contribution < 1.29 is 34.4 Å². The summed E-state index contributed by atoms with van der Waals surface area (Å²) >= 11 is 0. The quantitative estimate of drug-likeness (QED) is 0.199. The van der Waals surface area contributed by atoms with Gasteiger partial charge < -0.3 is 41.2 Å². The zero-order valence-electron chi connectivity index (χ0n) is 16.5. The van der Waals surface area contributed by atoms with Gasteiger partial charge in [0.25, 0.3) is 0 Å². The van der Waals surface area contributed by atoms with Crippen LogP contribution < -0.4 is 16.4 Å². The molecule has 5 unspecified atom stereocenters. The normalized spacial score (nSPS) is 27.4. The standard InChI is InChI=1S/C18H35N3O7/c1-12(23)21-15-17(26)16(25)13(11-22)28-18(15)27-10-6-7-14(24)20-9-5-3-2-4-8-19/h13,15-18,22,25-26H,2-11,19H2,1H3,(H,20,24)(H,21,23). The van der Waals surface area contributed by atoms with E-state index in [4.69, 9.17) is 15.2 Å². The molecule has 0 aliphatic carbocycles. The summed E-state index contributed by atoms with van der Waals surface area (Å²) in [5.74, 6) is -0.490. The van der Waals surface area contributed by atoms with Gasteiger partial charge in [0.2, 0.25) is 11.8 Å². The van der Waals surface area contributed by atoms with E-state index in [0.717, 1.165) is 25.7 Å². The number of unbranched alkanes of at least 4 members (excludes halogenated alkanes) is 3. The second-order valence-electron chi connectivity index (χ2n) is 6.96. The second kappa shape index (κ2) is 13.8. The molecular formula is C18H35N3O7. The largest absolute Gasteiger partial charge is 0.394 e. The highest BCUT2D eigenvalue weighted by molar-refractivity contribution is 5.75. The van der Waals surface area contributed by atoms with Crippen molar-refractivity contribution in [1.29, 1.82) is 0 Å². The van der Waals surface area contributed by atoms with Crippen molar-refractivity contribution in [2.24, 2.45) is 5.73 Å². The van der Waals surface area contributed by atoms with Crippen LogP contribution in [0.5, 0.6) is 0 Å². The van der Waals surface area contributed by atoms with E-state index < -0.39 is 43.2 Å². The predicted molar refractivity (Wildman–Crippen MR) is 101 cm³/mol. The minimum atomic E-state index is -1.35. The summed E-state index contributed by atoms with van der Waals surface area (Å²) in [6.07, 6.45) is -0.0481. The Labute approximate surface area is 165 Å². The van der Waals surface area contributed by atoms with Crippen molar-refractivity contribution >= 4 is 11.8 Å². The maximum absolute atomic E-state index is 11.8. The Bertz CT molecular complexity index is 466. The third-order valence-electron chi connectivity index (χ3n) is 4.53. The van der Waals surface area contributed by atoms with Crippen molar-refractivity contribution in [1.82, 2.24) is 10.6 Å². The number of carbonyl (C=O) groups excluding carboxylic acids is 2. The van der Waals surface area contributed by atoms with Crippen LogP contribution in [0, 0.1) is 0 Å². The number of nitrogens with two attached hydrogens (primary N) is 1. The zero-order chi connectivity index (χ0) is 20.9. The molecule has 2 amide bonds. The van der Waals surface area contributed by atoms with Gasteiger partial charge in [0, 0.05) is 19.9 Å². The fourth-order valence-corrected chi connectivity index (χ4v) is 2.98. The van der Waals surface area contributed by atoms with Crippen LogP contribution in [0.4, 0.5) is 0 Å². The maximum Gasteiger partial charge on any atom is 0.220 e. The molecule has 1 heterocycles. The number of aliphatic hydroxyl groups is 3. The van der Waals surface area contributed by atoms with E-state index in [0.29, 0.717) is 19.5 Å². The molecule has 0 radical (unpaired) electrons. The molecule has 10 heteroatoms. The molecule has 0 aromatic carbocycles. The predicted octanol–water partition coefficient (Wildman–Crippen LogP) is -1.64. The maximum atomic E-state index is 11.8. The molecule has 28 heavy (non-hydrogen) atoms. The van der Waals surface area contributed by atoms with Crippen molar-refractivity contribution in [2.45, 2.75) is 76.1 Å². The van der Waals surface area contributed by atoms with Gasteiger partial charge in [0.15, 0.2) is 6.29 Å². The second-order valence-corrected chi connectivity index (χ2v) is 6.96. The Morgan fingerprint density at radius 2 is 1.82 bits per heavy atom. The molecule has 0 aromatic heterocycles. The lowest BCUT2D eigenvalue weighted by Crippen LogP contribution is -2.64. The van der Waals surface area contributed by atoms with Crippen molar-refractivity contribution in [3.8, 4) is 0 Å². The van der Waals surface area contributed by atoms with E-state index in [9.17, 15) is 24.9 Å². The highest BCUT2D eigenvalue weighted by atomic mass is 16.7. The number of aliphatic hydroxyl groups excluding tert-OH is 3. The molecule has 10 nitrogen and oxygen atoms in total. The smallest absolute Gasteiger partial charge is 0.220 e. The Kier molecular flexibility index (Phi) is 12.2. The van der Waals surface area contributed by atoms with Gasteiger partial charge in [-0.15, -0.1) is 0 Å². The average molecular weight is 405 g/mol. The summed E-state index contributed by atoms with van der Waals surface area (Å²) in [4.78, 5) is 23.1. The molecule has 1 saturated heterocycles. The van der Waals surface area contributed by atoms with Gasteiger partial charge in [-0.2, -0.15) is 0 Å². The monoisotopic (exact) mass is 405 g/mol. The summed E-state index contributed by atoms with van der Waals surface area (Å²) in [5.41, 5.74) is 5.43. The molecular weight excluding hydrogens is 370 g/mol. The van der Waals surface area contributed by atoms with E-state index in [-0.39, 0.29) is 18.9 Å². The third-order valence-corrected chi connectivity index (χ3v) is 4.53. The highest BCUT2D eigenvalue weighted by Crippen LogP contribution is 2.22. The van der Waals surface area contributed by atoms with Gasteiger partial charge in [0.05, 0.1) is 13.2 Å². The van der Waals surface area contributed by atoms with Crippen LogP contribution in [-0.4, -0.2) is 84.1 Å². The van der Waals surface area contributed by atoms with Crippen molar-refractivity contribution in [3.05, 3.63) is 0 Å². The third kappa shape index (κ3) is 8.80. The van der Waals surface area contributed by atoms with Crippen LogP contribution >= 0.6 is 0 Å². The van der Waals surface area contributed by atoms with Gasteiger partial charge in [0.1, 0.15) is 24.4 Å². The highest BCUT2D eigenvalue weighted by Gasteiger charge is 2.45. The molecule has 1 aliphatic rings. The average Bonchev–Trinajstić information content (AvgIpc) is 2.66. The molecule has 7 N–H and O–H groups in total. The van der Waals surface area contributed by atoms with E-state index in [1.54, 1.807) is 0 Å². The number of nitrogens with one attached hydrogen (secondary N) is 2. The van der Waals surface area contributed by atoms with Crippen molar-refractivity contribution in [3.63, 3.8) is 0 Å². The van der Waals surface area contributed by atoms with E-state index in [1.807, 2.05) is 0 Å². The van der Waals surface area contributed by atoms with Crippen LogP contribution in [0.25, 0.3) is 0 Å². The molecule has 1 aliphatic heterocycles. The summed E-state index contributed by atoms with van der Waals surface area (Å²) in [6, 6.07) is -0.974. The molecule has 1 fully saturated rings.